The molecular weight excluding hydrogens is 308 g/mol. The summed E-state index contributed by atoms with van der Waals surface area (Å²) < 4.78 is 52.4. The van der Waals surface area contributed by atoms with E-state index in [4.69, 9.17) is 11.6 Å². The third kappa shape index (κ3) is 3.15. The van der Waals surface area contributed by atoms with Crippen LogP contribution in [-0.4, -0.2) is 9.97 Å². The summed E-state index contributed by atoms with van der Waals surface area (Å²) in [4.78, 5) is 7.93. The van der Waals surface area contributed by atoms with Crippen LogP contribution in [0.2, 0.25) is 5.15 Å². The fourth-order valence-corrected chi connectivity index (χ4v) is 2.14. The Morgan fingerprint density at radius 1 is 1.19 bits per heavy atom. The van der Waals surface area contributed by atoms with Crippen molar-refractivity contribution in [3.63, 3.8) is 0 Å². The maximum atomic E-state index is 13.3. The summed E-state index contributed by atoms with van der Waals surface area (Å²) in [7, 11) is 0. The van der Waals surface area contributed by atoms with Crippen molar-refractivity contribution in [3.05, 3.63) is 46.0 Å². The SMILES string of the molecule is CCc1nc(-c2cc(F)ccc2C(F)(F)F)nc(Cl)c1C. The molecule has 1 aromatic heterocycles. The molecule has 2 nitrogen and oxygen atoms in total. The number of nitrogens with zero attached hydrogens (tertiary/aromatic N) is 2. The zero-order valence-electron chi connectivity index (χ0n) is 11.2. The van der Waals surface area contributed by atoms with Crippen LogP contribution in [0.1, 0.15) is 23.7 Å². The molecule has 112 valence electrons. The lowest BCUT2D eigenvalue weighted by Gasteiger charge is -2.13. The van der Waals surface area contributed by atoms with Crippen LogP contribution in [0.15, 0.2) is 18.2 Å². The minimum atomic E-state index is -4.63. The third-order valence-electron chi connectivity index (χ3n) is 3.05. The van der Waals surface area contributed by atoms with Crippen LogP contribution in [0.25, 0.3) is 11.4 Å². The predicted molar refractivity (Wildman–Crippen MR) is 71.6 cm³/mol. The molecule has 0 radical (unpaired) electrons. The van der Waals surface area contributed by atoms with Gasteiger partial charge in [-0.1, -0.05) is 18.5 Å². The molecule has 0 saturated carbocycles. The lowest BCUT2D eigenvalue weighted by molar-refractivity contribution is -0.137. The molecule has 2 aromatic rings. The molecule has 0 N–H and O–H groups in total. The summed E-state index contributed by atoms with van der Waals surface area (Å²) in [5.74, 6) is -1.02. The molecule has 1 aromatic carbocycles. The number of alkyl halides is 3. The quantitative estimate of drug-likeness (QED) is 0.585. The number of benzene rings is 1. The van der Waals surface area contributed by atoms with Gasteiger partial charge in [-0.25, -0.2) is 14.4 Å². The van der Waals surface area contributed by atoms with E-state index in [1.807, 2.05) is 0 Å². The van der Waals surface area contributed by atoms with Crippen LogP contribution < -0.4 is 0 Å². The van der Waals surface area contributed by atoms with Crippen LogP contribution in [-0.2, 0) is 12.6 Å². The molecule has 0 aliphatic carbocycles. The summed E-state index contributed by atoms with van der Waals surface area (Å²) >= 11 is 5.93. The van der Waals surface area contributed by atoms with Gasteiger partial charge in [-0.15, -0.1) is 0 Å². The van der Waals surface area contributed by atoms with Gasteiger partial charge in [-0.3, -0.25) is 0 Å². The summed E-state index contributed by atoms with van der Waals surface area (Å²) in [6.07, 6.45) is -4.14. The number of aryl methyl sites for hydroxylation is 1. The Bertz CT molecular complexity index is 683. The Morgan fingerprint density at radius 3 is 2.43 bits per heavy atom. The van der Waals surface area contributed by atoms with E-state index in [1.54, 1.807) is 13.8 Å². The smallest absolute Gasteiger partial charge is 0.233 e. The van der Waals surface area contributed by atoms with Gasteiger partial charge in [0.15, 0.2) is 5.82 Å². The van der Waals surface area contributed by atoms with Crippen molar-refractivity contribution in [3.8, 4) is 11.4 Å². The molecule has 0 spiro atoms. The first-order valence-corrected chi connectivity index (χ1v) is 6.52. The Morgan fingerprint density at radius 2 is 1.86 bits per heavy atom. The lowest BCUT2D eigenvalue weighted by Crippen LogP contribution is -2.09. The summed E-state index contributed by atoms with van der Waals surface area (Å²) in [6.45, 7) is 3.48. The van der Waals surface area contributed by atoms with Gasteiger partial charge in [0.05, 0.1) is 5.56 Å². The largest absolute Gasteiger partial charge is 0.417 e. The van der Waals surface area contributed by atoms with Crippen LogP contribution in [0.5, 0.6) is 0 Å². The van der Waals surface area contributed by atoms with E-state index in [0.29, 0.717) is 23.7 Å². The van der Waals surface area contributed by atoms with E-state index in [-0.39, 0.29) is 11.0 Å². The molecule has 0 aliphatic heterocycles. The Labute approximate surface area is 123 Å². The van der Waals surface area contributed by atoms with Crippen LogP contribution in [0.3, 0.4) is 0 Å². The molecule has 21 heavy (non-hydrogen) atoms. The number of rotatable bonds is 2. The fraction of sp³-hybridized carbons (Fsp3) is 0.286. The minimum Gasteiger partial charge on any atom is -0.233 e. The number of hydrogen-bond acceptors (Lipinski definition) is 2. The first-order chi connectivity index (χ1) is 9.74. The zero-order chi connectivity index (χ0) is 15.8. The van der Waals surface area contributed by atoms with E-state index < -0.39 is 23.1 Å². The van der Waals surface area contributed by atoms with Crippen molar-refractivity contribution < 1.29 is 17.6 Å². The molecule has 0 aliphatic rings. The van der Waals surface area contributed by atoms with Crippen molar-refractivity contribution in [2.75, 3.05) is 0 Å². The van der Waals surface area contributed by atoms with Gasteiger partial charge in [-0.05, 0) is 31.5 Å². The molecule has 0 bridgehead atoms. The Hall–Kier alpha value is -1.69. The van der Waals surface area contributed by atoms with Crippen molar-refractivity contribution in [2.45, 2.75) is 26.4 Å². The first kappa shape index (κ1) is 15.7. The Kier molecular flexibility index (Phi) is 4.18. The molecule has 0 fully saturated rings. The monoisotopic (exact) mass is 318 g/mol. The second-order valence-electron chi connectivity index (χ2n) is 4.45. The van der Waals surface area contributed by atoms with E-state index >= 15 is 0 Å². The van der Waals surface area contributed by atoms with Gasteiger partial charge in [0, 0.05) is 16.8 Å². The molecule has 0 atom stereocenters. The van der Waals surface area contributed by atoms with Gasteiger partial charge in [0.25, 0.3) is 0 Å². The lowest BCUT2D eigenvalue weighted by atomic mass is 10.1. The number of halogens is 5. The first-order valence-electron chi connectivity index (χ1n) is 6.14. The van der Waals surface area contributed by atoms with Gasteiger partial charge >= 0.3 is 6.18 Å². The average Bonchev–Trinajstić information content (AvgIpc) is 2.40. The molecular formula is C14H11ClF4N2. The molecule has 1 heterocycles. The molecule has 2 rings (SSSR count). The number of aromatic nitrogens is 2. The summed E-state index contributed by atoms with van der Waals surface area (Å²) in [5.41, 5.74) is -0.278. The second-order valence-corrected chi connectivity index (χ2v) is 4.81. The highest BCUT2D eigenvalue weighted by Gasteiger charge is 2.34. The maximum Gasteiger partial charge on any atom is 0.417 e. The topological polar surface area (TPSA) is 25.8 Å². The van der Waals surface area contributed by atoms with E-state index in [1.165, 1.54) is 0 Å². The van der Waals surface area contributed by atoms with Crippen LogP contribution in [0, 0.1) is 12.7 Å². The van der Waals surface area contributed by atoms with Gasteiger partial charge in [-0.2, -0.15) is 13.2 Å². The summed E-state index contributed by atoms with van der Waals surface area (Å²) in [6, 6.07) is 2.19. The van der Waals surface area contributed by atoms with Crippen LogP contribution in [0.4, 0.5) is 17.6 Å². The van der Waals surface area contributed by atoms with Crippen molar-refractivity contribution in [1.29, 1.82) is 0 Å². The molecule has 0 saturated heterocycles. The predicted octanol–water partition coefficient (Wildman–Crippen LogP) is 4.83. The van der Waals surface area contributed by atoms with Crippen molar-refractivity contribution >= 4 is 11.6 Å². The highest BCUT2D eigenvalue weighted by Crippen LogP contribution is 2.37. The van der Waals surface area contributed by atoms with Crippen molar-refractivity contribution in [1.82, 2.24) is 9.97 Å². The van der Waals surface area contributed by atoms with Gasteiger partial charge in [0.2, 0.25) is 0 Å². The summed E-state index contributed by atoms with van der Waals surface area (Å²) in [5, 5.41) is 0.0641. The zero-order valence-corrected chi connectivity index (χ0v) is 12.0. The van der Waals surface area contributed by atoms with E-state index in [9.17, 15) is 17.6 Å². The number of hydrogen-bond donors (Lipinski definition) is 0. The Balaban J connectivity index is 2.72. The van der Waals surface area contributed by atoms with Gasteiger partial charge < -0.3 is 0 Å². The van der Waals surface area contributed by atoms with Crippen molar-refractivity contribution in [2.24, 2.45) is 0 Å². The molecule has 7 heteroatoms. The van der Waals surface area contributed by atoms with Crippen LogP contribution >= 0.6 is 11.6 Å². The minimum absolute atomic E-state index is 0.0641. The second kappa shape index (κ2) is 5.60. The normalized spacial score (nSPS) is 11.8. The van der Waals surface area contributed by atoms with E-state index in [2.05, 4.69) is 9.97 Å². The van der Waals surface area contributed by atoms with Gasteiger partial charge in [0.1, 0.15) is 11.0 Å². The average molecular weight is 319 g/mol. The standard InChI is InChI=1S/C14H11ClF4N2/c1-3-11-7(2)12(15)21-13(20-11)9-6-8(16)4-5-10(9)14(17,18)19/h4-6H,3H2,1-2H3. The fourth-order valence-electron chi connectivity index (χ4n) is 1.95. The van der Waals surface area contributed by atoms with E-state index in [0.717, 1.165) is 12.1 Å². The highest BCUT2D eigenvalue weighted by atomic mass is 35.5. The highest BCUT2D eigenvalue weighted by molar-refractivity contribution is 6.30. The third-order valence-corrected chi connectivity index (χ3v) is 3.42. The maximum absolute atomic E-state index is 13.3. The molecule has 0 amide bonds. The molecule has 0 unspecified atom stereocenters.